The van der Waals surface area contributed by atoms with Crippen molar-refractivity contribution in [2.75, 3.05) is 0 Å². The van der Waals surface area contributed by atoms with Gasteiger partial charge in [0.1, 0.15) is 42.1 Å². The van der Waals surface area contributed by atoms with Crippen molar-refractivity contribution in [3.8, 4) is 60.7 Å². The Bertz CT molecular complexity index is 3470. The molecule has 2 aliphatic carbocycles. The van der Waals surface area contributed by atoms with Gasteiger partial charge in [0.2, 0.25) is 0 Å². The van der Waals surface area contributed by atoms with Crippen molar-refractivity contribution in [3.05, 3.63) is 173 Å². The van der Waals surface area contributed by atoms with Crippen LogP contribution in [-0.2, 0) is 0 Å². The maximum Gasteiger partial charge on any atom is 0.109 e. The average Bonchev–Trinajstić information content (AvgIpc) is 3.79. The van der Waals surface area contributed by atoms with Crippen LogP contribution in [0.2, 0.25) is 0 Å². The molecule has 61 heavy (non-hydrogen) atoms. The van der Waals surface area contributed by atoms with E-state index in [0.717, 1.165) is 0 Å². The van der Waals surface area contributed by atoms with Gasteiger partial charge >= 0.3 is 0 Å². The van der Waals surface area contributed by atoms with E-state index < -0.39 is 0 Å². The van der Waals surface area contributed by atoms with Crippen molar-refractivity contribution in [3.63, 3.8) is 0 Å². The minimum absolute atomic E-state index is 0.00589. The van der Waals surface area contributed by atoms with E-state index in [0.29, 0.717) is 16.7 Å². The fourth-order valence-corrected chi connectivity index (χ4v) is 7.64. The minimum atomic E-state index is -0.159. The van der Waals surface area contributed by atoms with Crippen LogP contribution < -0.4 is 0 Å². The van der Waals surface area contributed by atoms with E-state index in [-0.39, 0.29) is 117 Å². The number of nitriles is 10. The van der Waals surface area contributed by atoms with Gasteiger partial charge in [0.15, 0.2) is 0 Å². The SMILES string of the molecule is Cc1ccc(C2=C(C#N)c3cc4c(cc3/C2=C(\C#N)c2cc(C#N)cc(C#N)c2)/C(=C(\C#N)c2cc(C#N)cc(N=O)c2)C(c2ccc(C#N)c(C#N)c2)=C4C#N)cc1C#N. The molecule has 12 heteroatoms. The summed E-state index contributed by atoms with van der Waals surface area (Å²) in [7, 11) is 0. The van der Waals surface area contributed by atoms with Crippen LogP contribution in [0.25, 0.3) is 44.6 Å². The van der Waals surface area contributed by atoms with E-state index in [9.17, 15) is 57.5 Å². The predicted octanol–water partition coefficient (Wildman–Crippen LogP) is 9.39. The molecule has 2 aliphatic rings. The lowest BCUT2D eigenvalue weighted by atomic mass is 9.85. The van der Waals surface area contributed by atoms with Gasteiger partial charge in [-0.15, -0.1) is 4.91 Å². The number of aryl methyl sites for hydroxylation is 1. The van der Waals surface area contributed by atoms with Crippen molar-refractivity contribution < 1.29 is 0 Å². The molecular formula is C49H17N11O. The molecule has 0 saturated heterocycles. The molecule has 0 aliphatic heterocycles. The predicted molar refractivity (Wildman–Crippen MR) is 220 cm³/mol. The van der Waals surface area contributed by atoms with Gasteiger partial charge in [-0.2, -0.15) is 52.6 Å². The van der Waals surface area contributed by atoms with Gasteiger partial charge in [0.25, 0.3) is 0 Å². The first-order valence-corrected chi connectivity index (χ1v) is 17.7. The van der Waals surface area contributed by atoms with Crippen LogP contribution in [0, 0.1) is 125 Å². The number of hydrogen-bond donors (Lipinski definition) is 0. The number of nitrogens with zero attached hydrogens (tertiary/aromatic N) is 11. The molecule has 0 fully saturated rings. The lowest BCUT2D eigenvalue weighted by Gasteiger charge is -2.16. The summed E-state index contributed by atoms with van der Waals surface area (Å²) < 4.78 is 0. The third-order valence-corrected chi connectivity index (χ3v) is 10.3. The number of allylic oxidation sites excluding steroid dienone is 8. The second-order valence-electron chi connectivity index (χ2n) is 13.5. The van der Waals surface area contributed by atoms with Crippen molar-refractivity contribution in [2.45, 2.75) is 6.92 Å². The number of rotatable bonds is 5. The molecule has 0 aromatic heterocycles. The summed E-state index contributed by atoms with van der Waals surface area (Å²) in [5, 5.41) is 106. The normalized spacial score (nSPS) is 13.5. The molecule has 0 heterocycles. The number of benzene rings is 5. The first-order valence-electron chi connectivity index (χ1n) is 17.7. The van der Waals surface area contributed by atoms with Gasteiger partial charge in [-0.25, -0.2) is 0 Å². The molecule has 0 radical (unpaired) electrons. The van der Waals surface area contributed by atoms with Crippen molar-refractivity contribution in [1.82, 2.24) is 0 Å². The Morgan fingerprint density at radius 2 is 0.902 bits per heavy atom. The zero-order valence-electron chi connectivity index (χ0n) is 31.4. The zero-order chi connectivity index (χ0) is 43.5. The maximum atomic E-state index is 11.8. The maximum absolute atomic E-state index is 11.8. The summed E-state index contributed by atoms with van der Waals surface area (Å²) in [6.45, 7) is 1.74. The Labute approximate surface area is 347 Å². The first kappa shape index (κ1) is 38.8. The third-order valence-electron chi connectivity index (χ3n) is 10.3. The Balaban J connectivity index is 1.69. The quantitative estimate of drug-likeness (QED) is 0.120. The summed E-state index contributed by atoms with van der Waals surface area (Å²) in [4.78, 5) is 11.8. The Morgan fingerprint density at radius 3 is 1.36 bits per heavy atom. The molecule has 5 aromatic carbocycles. The van der Waals surface area contributed by atoms with Gasteiger partial charge in [0.05, 0.1) is 80.0 Å². The molecular weight excluding hydrogens is 759 g/mol. The summed E-state index contributed by atoms with van der Waals surface area (Å²) in [5.41, 5.74) is 3.65. The standard InChI is InChI=1S/C49H17N11O/c1-26-2-3-30(11-35(26)20-54)46-44(24-58)38-14-39-41(15-40(38)48(46)42(22-56)33-7-27(16-50)6-28(8-33)17-51)49(43(23-57)34-9-29(18-52)10-37(13-34)60-61)47(45(39)25-59)31-4-5-32(19-53)36(12-31)21-55/h2-15H,1H3/b48-42-,49-43-. The number of nitroso groups, excluding NO2 is 1. The Hall–Kier alpha value is -10.4. The Kier molecular flexibility index (Phi) is 9.93. The highest BCUT2D eigenvalue weighted by atomic mass is 16.3. The van der Waals surface area contributed by atoms with Crippen molar-refractivity contribution in [1.29, 1.82) is 52.6 Å². The van der Waals surface area contributed by atoms with Crippen LogP contribution in [-0.4, -0.2) is 0 Å². The first-order chi connectivity index (χ1) is 29.6. The molecule has 7 rings (SSSR count). The van der Waals surface area contributed by atoms with E-state index in [4.69, 9.17) is 0 Å². The van der Waals surface area contributed by atoms with Crippen LogP contribution in [0.15, 0.2) is 90.1 Å². The third kappa shape index (κ3) is 6.28. The van der Waals surface area contributed by atoms with Gasteiger partial charge in [-0.05, 0) is 118 Å². The zero-order valence-corrected chi connectivity index (χ0v) is 31.4. The molecule has 0 atom stereocenters. The van der Waals surface area contributed by atoms with Gasteiger partial charge in [0, 0.05) is 33.4 Å². The minimum Gasteiger partial charge on any atom is -0.192 e. The lowest BCUT2D eigenvalue weighted by molar-refractivity contribution is 1.38. The second-order valence-corrected chi connectivity index (χ2v) is 13.5. The smallest absolute Gasteiger partial charge is 0.109 e. The van der Waals surface area contributed by atoms with E-state index in [1.165, 1.54) is 54.6 Å². The van der Waals surface area contributed by atoms with Gasteiger partial charge < -0.3 is 0 Å². The molecule has 0 saturated carbocycles. The number of fused-ring (bicyclic) bond motifs is 2. The summed E-state index contributed by atoms with van der Waals surface area (Å²) in [6.07, 6.45) is 0. The molecule has 5 aromatic rings. The fraction of sp³-hybridized carbons (Fsp3) is 0.0204. The van der Waals surface area contributed by atoms with E-state index in [1.54, 1.807) is 37.3 Å². The number of hydrogen-bond acceptors (Lipinski definition) is 12. The van der Waals surface area contributed by atoms with Crippen LogP contribution >= 0.6 is 0 Å². The largest absolute Gasteiger partial charge is 0.192 e. The molecule has 12 nitrogen and oxygen atoms in total. The van der Waals surface area contributed by atoms with E-state index in [1.807, 2.05) is 30.3 Å². The molecule has 274 valence electrons. The van der Waals surface area contributed by atoms with Crippen molar-refractivity contribution >= 4 is 50.3 Å². The molecule has 0 N–H and O–H groups in total. The summed E-state index contributed by atoms with van der Waals surface area (Å²) in [5.74, 6) is 0. The fourth-order valence-electron chi connectivity index (χ4n) is 7.64. The molecule has 0 unspecified atom stereocenters. The monoisotopic (exact) mass is 775 g/mol. The highest BCUT2D eigenvalue weighted by Gasteiger charge is 2.38. The van der Waals surface area contributed by atoms with Crippen molar-refractivity contribution in [2.24, 2.45) is 5.18 Å². The highest BCUT2D eigenvalue weighted by Crippen LogP contribution is 2.56. The Morgan fingerprint density at radius 1 is 0.443 bits per heavy atom. The van der Waals surface area contributed by atoms with E-state index >= 15 is 0 Å². The van der Waals surface area contributed by atoms with Crippen LogP contribution in [0.3, 0.4) is 0 Å². The van der Waals surface area contributed by atoms with Crippen LogP contribution in [0.1, 0.15) is 83.5 Å². The summed E-state index contributed by atoms with van der Waals surface area (Å²) >= 11 is 0. The lowest BCUT2D eigenvalue weighted by Crippen LogP contribution is -1.98. The second kappa shape index (κ2) is 15.6. The van der Waals surface area contributed by atoms with Gasteiger partial charge in [-0.3, -0.25) is 0 Å². The van der Waals surface area contributed by atoms with Gasteiger partial charge in [-0.1, -0.05) is 18.2 Å². The molecule has 0 spiro atoms. The summed E-state index contributed by atoms with van der Waals surface area (Å²) in [6, 6.07) is 41.6. The van der Waals surface area contributed by atoms with Crippen LogP contribution in [0.4, 0.5) is 5.69 Å². The van der Waals surface area contributed by atoms with Crippen LogP contribution in [0.5, 0.6) is 0 Å². The molecule has 0 bridgehead atoms. The van der Waals surface area contributed by atoms with E-state index in [2.05, 4.69) is 35.5 Å². The highest BCUT2D eigenvalue weighted by molar-refractivity contribution is 6.34. The average molecular weight is 776 g/mol. The molecule has 0 amide bonds. The topological polar surface area (TPSA) is 267 Å².